The number of esters is 1. The Morgan fingerprint density at radius 3 is 1.23 bits per heavy atom. The van der Waals surface area contributed by atoms with Gasteiger partial charge in [0.2, 0.25) is 0 Å². The number of ether oxygens (including phenoxy) is 1. The molecule has 6 rings (SSSR count). The van der Waals surface area contributed by atoms with Crippen LogP contribution in [0.15, 0.2) is 152 Å². The summed E-state index contributed by atoms with van der Waals surface area (Å²) in [6.45, 7) is 10.3. The summed E-state index contributed by atoms with van der Waals surface area (Å²) in [7, 11) is -12.8. The number of hydrogen-bond acceptors (Lipinski definition) is 6. The van der Waals surface area contributed by atoms with Gasteiger partial charge in [0.15, 0.2) is 0 Å². The Kier molecular flexibility index (Phi) is 20.9. The number of nitriles is 1. The van der Waals surface area contributed by atoms with Gasteiger partial charge in [-0.1, -0.05) is 143 Å². The minimum absolute atomic E-state index is 0. The molecule has 6 radical (unpaired) electrons. The first kappa shape index (κ1) is 53.1. The molecule has 0 saturated heterocycles. The molecule has 0 aliphatic heterocycles. The van der Waals surface area contributed by atoms with E-state index in [0.29, 0.717) is 29.8 Å². The second-order valence-electron chi connectivity index (χ2n) is 13.7. The molecule has 5 aromatic carbocycles. The normalized spacial score (nSPS) is 14.1. The summed E-state index contributed by atoms with van der Waals surface area (Å²) in [6, 6.07) is 51.3. The Morgan fingerprint density at radius 2 is 0.934 bits per heavy atom. The predicted molar refractivity (Wildman–Crippen MR) is 231 cm³/mol. The van der Waals surface area contributed by atoms with Crippen molar-refractivity contribution in [2.45, 2.75) is 34.6 Å². The number of carbonyl (C=O) groups excluding carboxylic acids is 1. The average molecular weight is 989 g/mol. The fourth-order valence-electron chi connectivity index (χ4n) is 4.96. The number of rotatable bonds is 12. The molecule has 61 heavy (non-hydrogen) atoms. The predicted octanol–water partition coefficient (Wildman–Crippen LogP) is 14.2. The first-order valence-corrected chi connectivity index (χ1v) is 23.0. The molecular formula is C45H46F6NO5P3Ru. The van der Waals surface area contributed by atoms with Crippen LogP contribution in [0.25, 0.3) is 0 Å². The van der Waals surface area contributed by atoms with Crippen molar-refractivity contribution in [1.29, 1.82) is 5.26 Å². The largest absolute Gasteiger partial charge is 1.00 e. The van der Waals surface area contributed by atoms with Gasteiger partial charge in [-0.2, -0.15) is 5.26 Å². The van der Waals surface area contributed by atoms with Gasteiger partial charge in [-0.15, -0.1) is 0 Å². The van der Waals surface area contributed by atoms with Gasteiger partial charge in [0.05, 0.1) is 18.6 Å². The molecule has 0 atom stereocenters. The van der Waals surface area contributed by atoms with Crippen LogP contribution >= 0.6 is 24.3 Å². The van der Waals surface area contributed by atoms with Crippen molar-refractivity contribution in [3.8, 4) is 23.3 Å². The van der Waals surface area contributed by atoms with E-state index in [1.54, 1.807) is 6.07 Å². The number of hydrogen-bond donors (Lipinski definition) is 0. The smallest absolute Gasteiger partial charge is 0.409 e. The molecule has 16 heteroatoms. The van der Waals surface area contributed by atoms with Gasteiger partial charge >= 0.3 is 67.0 Å². The molecule has 1 fully saturated rings. The van der Waals surface area contributed by atoms with Crippen molar-refractivity contribution in [3.63, 3.8) is 0 Å². The van der Waals surface area contributed by atoms with E-state index in [2.05, 4.69) is 75.7 Å². The van der Waals surface area contributed by atoms with Crippen LogP contribution in [-0.4, -0.2) is 18.7 Å². The van der Waals surface area contributed by atoms with E-state index in [-0.39, 0.29) is 30.9 Å². The monoisotopic (exact) mass is 989 g/mol. The third-order valence-electron chi connectivity index (χ3n) is 7.64. The van der Waals surface area contributed by atoms with E-state index in [0.717, 1.165) is 12.1 Å². The van der Waals surface area contributed by atoms with Crippen LogP contribution in [0.2, 0.25) is 0 Å². The van der Waals surface area contributed by atoms with Crippen LogP contribution in [0, 0.1) is 47.3 Å². The van der Waals surface area contributed by atoms with Crippen LogP contribution in [0.1, 0.15) is 34.6 Å². The van der Waals surface area contributed by atoms with Crippen molar-refractivity contribution in [2.24, 2.45) is 5.41 Å². The van der Waals surface area contributed by atoms with Gasteiger partial charge in [0.25, 0.3) is 0 Å². The van der Waals surface area contributed by atoms with E-state index >= 15 is 0 Å². The third-order valence-corrected chi connectivity index (χ3v) is 11.2. The van der Waals surface area contributed by atoms with Crippen molar-refractivity contribution < 1.29 is 67.8 Å². The van der Waals surface area contributed by atoms with Gasteiger partial charge in [-0.05, 0) is 85.0 Å². The Morgan fingerprint density at radius 1 is 0.623 bits per heavy atom. The molecule has 326 valence electrons. The van der Waals surface area contributed by atoms with E-state index in [4.69, 9.17) is 23.6 Å². The number of para-hydroxylation sites is 3. The summed E-state index contributed by atoms with van der Waals surface area (Å²) >= 11 is 0. The molecule has 1 aliphatic rings. The molecule has 1 aliphatic carbocycles. The second kappa shape index (κ2) is 24.0. The standard InChI is InChI=1S/C25H28O2P.C18H15O3P.C2H3N.F6P.Ru/c1-19-17-20(25(2,3)4)18-23(19)24(26)27-15-16-28(21-11-7-5-8-12-21)22-13-9-6-10-14-22;1-4-10-16(11-5-1)19-22(20-17-12-6-2-7-13-17)21-18-14-8-3-9-15-18;1-2-3;1-7(2,3,4,5)6;/h5-14,17-18H,15-16H2,1-4H3;1-15H;1H3;;/q;;;-1;+1. The number of nitrogens with zero attached hydrogens (tertiary/aromatic N) is 1. The second-order valence-corrected chi connectivity index (χ2v) is 18.9. The topological polar surface area (TPSA) is 77.8 Å². The number of carbonyl (C=O) groups is 1. The Bertz CT molecular complexity index is 1880. The fourth-order valence-corrected chi connectivity index (χ4v) is 8.11. The minimum Gasteiger partial charge on any atom is -0.409 e. The van der Waals surface area contributed by atoms with Crippen LogP contribution in [0.4, 0.5) is 25.2 Å². The van der Waals surface area contributed by atoms with Gasteiger partial charge in [0.1, 0.15) is 17.2 Å². The Labute approximate surface area is 370 Å². The molecule has 6 nitrogen and oxygen atoms in total. The summed E-state index contributed by atoms with van der Waals surface area (Å²) in [6.07, 6.45) is 4.90. The van der Waals surface area contributed by atoms with Crippen LogP contribution < -0.4 is 24.2 Å². The maximum Gasteiger partial charge on any atom is 1.00 e. The van der Waals surface area contributed by atoms with E-state index in [9.17, 15) is 30.0 Å². The zero-order valence-electron chi connectivity index (χ0n) is 34.0. The average Bonchev–Trinajstić information content (AvgIpc) is 3.60. The van der Waals surface area contributed by atoms with Crippen LogP contribution in [-0.2, 0) is 29.0 Å². The van der Waals surface area contributed by atoms with Gasteiger partial charge in [0, 0.05) is 13.1 Å². The number of halogens is 6. The fraction of sp³-hybridized carbons (Fsp3) is 0.178. The summed E-state index contributed by atoms with van der Waals surface area (Å²) < 4.78 is 82.4. The van der Waals surface area contributed by atoms with E-state index in [1.165, 1.54) is 23.5 Å². The molecule has 0 heterocycles. The van der Waals surface area contributed by atoms with Gasteiger partial charge < -0.3 is 18.3 Å². The van der Waals surface area contributed by atoms with E-state index < -0.39 is 24.3 Å². The van der Waals surface area contributed by atoms with Gasteiger partial charge in [-0.3, -0.25) is 4.79 Å². The summed E-state index contributed by atoms with van der Waals surface area (Å²) in [5.41, 5.74) is 0.0260. The summed E-state index contributed by atoms with van der Waals surface area (Å²) in [4.78, 5) is 12.6. The SMILES string of the molecule is CC#N.C[C]1[CH][C](C(C)(C)C)[CH][C]1C(=O)OCCP(c1ccccc1)c1ccccc1.F[P-](F)(F)(F)(F)F.[Ru+].c1ccc(OP(Oc2ccccc2)Oc2ccccc2)cc1. The molecular weight excluding hydrogens is 942 g/mol. The summed E-state index contributed by atoms with van der Waals surface area (Å²) in [5.74, 6) is 4.76. The summed E-state index contributed by atoms with van der Waals surface area (Å²) in [5, 5.41) is 9.93. The molecule has 0 amide bonds. The van der Waals surface area contributed by atoms with Crippen molar-refractivity contribution >= 4 is 40.9 Å². The maximum atomic E-state index is 12.6. The van der Waals surface area contributed by atoms with E-state index in [1.807, 2.05) is 116 Å². The molecule has 0 N–H and O–H groups in total. The first-order chi connectivity index (χ1) is 28.1. The molecule has 0 spiro atoms. The maximum absolute atomic E-state index is 12.6. The van der Waals surface area contributed by atoms with Crippen LogP contribution in [0.3, 0.4) is 0 Å². The molecule has 0 aromatic heterocycles. The zero-order chi connectivity index (χ0) is 44.3. The van der Waals surface area contributed by atoms with Crippen molar-refractivity contribution in [2.75, 3.05) is 12.8 Å². The zero-order valence-corrected chi connectivity index (χ0v) is 38.4. The molecule has 1 saturated carbocycles. The molecule has 0 bridgehead atoms. The van der Waals surface area contributed by atoms with Crippen molar-refractivity contribution in [1.82, 2.24) is 0 Å². The van der Waals surface area contributed by atoms with Crippen LogP contribution in [0.5, 0.6) is 17.2 Å². The Hall–Kier alpha value is -4.05. The minimum atomic E-state index is -10.7. The van der Waals surface area contributed by atoms with Crippen molar-refractivity contribution in [3.05, 3.63) is 182 Å². The third kappa shape index (κ3) is 23.1. The Balaban J connectivity index is 0.000000345. The molecule has 5 aromatic rings. The quantitative estimate of drug-likeness (QED) is 0.0536. The van der Waals surface area contributed by atoms with Gasteiger partial charge in [-0.25, -0.2) is 0 Å². The molecule has 0 unspecified atom stereocenters. The first-order valence-electron chi connectivity index (χ1n) is 18.3. The number of benzene rings is 5.